The molecule has 200 valence electrons. The molecule has 0 bridgehead atoms. The fourth-order valence-electron chi connectivity index (χ4n) is 4.04. The average molecular weight is 528 g/mol. The van der Waals surface area contributed by atoms with Gasteiger partial charge in [-0.15, -0.1) is 0 Å². The molecule has 0 amide bonds. The van der Waals surface area contributed by atoms with Crippen LogP contribution in [-0.4, -0.2) is 59.3 Å². The number of esters is 3. The highest BCUT2D eigenvalue weighted by Crippen LogP contribution is 2.32. The summed E-state index contributed by atoms with van der Waals surface area (Å²) in [5.74, 6) is -2.33. The second-order valence-corrected chi connectivity index (χ2v) is 8.45. The number of fused-ring (bicyclic) bond motifs is 1. The summed E-state index contributed by atoms with van der Waals surface area (Å²) in [6, 6.07) is 8.41. The Morgan fingerprint density at radius 3 is 2.21 bits per heavy atom. The van der Waals surface area contributed by atoms with Gasteiger partial charge in [0.2, 0.25) is 17.8 Å². The zero-order valence-corrected chi connectivity index (χ0v) is 20.5. The maximum Gasteiger partial charge on any atom is 0.303 e. The minimum absolute atomic E-state index is 0.0248. The largest absolute Gasteiger partial charge is 0.508 e. The molecule has 0 unspecified atom stereocenters. The molecule has 1 fully saturated rings. The zero-order chi connectivity index (χ0) is 27.6. The van der Waals surface area contributed by atoms with Crippen molar-refractivity contribution in [2.24, 2.45) is 0 Å². The van der Waals surface area contributed by atoms with Gasteiger partial charge in [-0.3, -0.25) is 19.2 Å². The lowest BCUT2D eigenvalue weighted by Gasteiger charge is -2.23. The molecule has 2 aromatic carbocycles. The van der Waals surface area contributed by atoms with E-state index in [9.17, 15) is 29.4 Å². The molecule has 1 aromatic heterocycles. The minimum atomic E-state index is -1.22. The number of phenolic OH excluding ortho intramolecular Hbond substituents is 2. The van der Waals surface area contributed by atoms with E-state index in [-0.39, 0.29) is 34.6 Å². The first-order valence-electron chi connectivity index (χ1n) is 11.4. The highest BCUT2D eigenvalue weighted by molar-refractivity contribution is 5.88. The molecule has 12 heteroatoms. The highest BCUT2D eigenvalue weighted by Gasteiger charge is 2.51. The van der Waals surface area contributed by atoms with Crippen LogP contribution in [0.5, 0.6) is 17.2 Å². The van der Waals surface area contributed by atoms with Crippen LogP contribution >= 0.6 is 0 Å². The summed E-state index contributed by atoms with van der Waals surface area (Å²) in [7, 11) is 0. The Balaban J connectivity index is 1.59. The molecule has 0 aliphatic carbocycles. The second kappa shape index (κ2) is 10.8. The van der Waals surface area contributed by atoms with Crippen LogP contribution in [0.25, 0.3) is 22.1 Å². The minimum Gasteiger partial charge on any atom is -0.508 e. The van der Waals surface area contributed by atoms with Gasteiger partial charge in [0.15, 0.2) is 6.10 Å². The molecule has 0 spiro atoms. The van der Waals surface area contributed by atoms with Crippen LogP contribution in [0.15, 0.2) is 51.9 Å². The Kier molecular flexibility index (Phi) is 7.53. The SMILES string of the molecule is CC(=O)OC[C@H]1O[C@H](Oc2ccc(-c3coc4cc(O)cc(O)c4c3=O)cc2)[C@H](OC(C)=O)[C@@H]1OC(C)=O. The molecule has 1 saturated heterocycles. The molecule has 0 saturated carbocycles. The van der Waals surface area contributed by atoms with E-state index in [1.807, 2.05) is 0 Å². The Bertz CT molecular complexity index is 1420. The molecule has 2 heterocycles. The number of carbonyl (C=O) groups excluding carboxylic acids is 3. The van der Waals surface area contributed by atoms with E-state index in [1.54, 1.807) is 12.1 Å². The molecule has 3 aromatic rings. The summed E-state index contributed by atoms with van der Waals surface area (Å²) >= 11 is 0. The first-order chi connectivity index (χ1) is 18.0. The van der Waals surface area contributed by atoms with Crippen LogP contribution in [0, 0.1) is 0 Å². The van der Waals surface area contributed by atoms with Gasteiger partial charge in [-0.2, -0.15) is 0 Å². The number of rotatable bonds is 7. The van der Waals surface area contributed by atoms with E-state index in [1.165, 1.54) is 45.2 Å². The molecule has 2 N–H and O–H groups in total. The molecule has 1 aliphatic heterocycles. The summed E-state index contributed by atoms with van der Waals surface area (Å²) in [5.41, 5.74) is 0.104. The van der Waals surface area contributed by atoms with Gasteiger partial charge in [0.25, 0.3) is 0 Å². The molecule has 38 heavy (non-hydrogen) atoms. The van der Waals surface area contributed by atoms with Crippen LogP contribution in [0.1, 0.15) is 20.8 Å². The Labute approximate surface area is 215 Å². The van der Waals surface area contributed by atoms with Crippen molar-refractivity contribution >= 4 is 28.9 Å². The van der Waals surface area contributed by atoms with Crippen LogP contribution in [-0.2, 0) is 33.3 Å². The third-order valence-corrected chi connectivity index (χ3v) is 5.58. The molecular weight excluding hydrogens is 504 g/mol. The molecule has 1 aliphatic rings. The third-order valence-electron chi connectivity index (χ3n) is 5.58. The first-order valence-corrected chi connectivity index (χ1v) is 11.4. The van der Waals surface area contributed by atoms with Gasteiger partial charge in [-0.25, -0.2) is 0 Å². The normalized spacial score (nSPS) is 20.6. The van der Waals surface area contributed by atoms with Crippen molar-refractivity contribution in [1.29, 1.82) is 0 Å². The van der Waals surface area contributed by atoms with Crippen molar-refractivity contribution < 1.29 is 52.7 Å². The summed E-state index contributed by atoms with van der Waals surface area (Å²) in [4.78, 5) is 47.7. The standard InChI is InChI=1S/C26H24O12/c1-12(27)33-11-21-24(35-13(2)28)25(36-14(3)29)26(38-21)37-17-6-4-15(5-7-17)18-10-34-20-9-16(30)8-19(31)22(20)23(18)32/h4-10,21,24-26,30-31H,11H2,1-3H3/t21-,24-,25-,26+/m1/s1. The molecule has 12 nitrogen and oxygen atoms in total. The number of phenols is 2. The Hall–Kier alpha value is -4.58. The topological polar surface area (TPSA) is 168 Å². The van der Waals surface area contributed by atoms with Crippen LogP contribution < -0.4 is 10.2 Å². The van der Waals surface area contributed by atoms with E-state index >= 15 is 0 Å². The molecule has 0 radical (unpaired) electrons. The monoisotopic (exact) mass is 528 g/mol. The van der Waals surface area contributed by atoms with Crippen LogP contribution in [0.2, 0.25) is 0 Å². The van der Waals surface area contributed by atoms with Crippen LogP contribution in [0.4, 0.5) is 0 Å². The van der Waals surface area contributed by atoms with Crippen LogP contribution in [0.3, 0.4) is 0 Å². The predicted octanol–water partition coefficient (Wildman–Crippen LogP) is 2.40. The van der Waals surface area contributed by atoms with E-state index in [2.05, 4.69) is 0 Å². The third kappa shape index (κ3) is 5.70. The quantitative estimate of drug-likeness (QED) is 0.340. The predicted molar refractivity (Wildman–Crippen MR) is 128 cm³/mol. The number of carbonyl (C=O) groups is 3. The summed E-state index contributed by atoms with van der Waals surface area (Å²) in [6.45, 7) is 3.28. The number of hydrogen-bond donors (Lipinski definition) is 2. The number of benzene rings is 2. The van der Waals surface area contributed by atoms with Crippen molar-refractivity contribution in [3.05, 3.63) is 52.9 Å². The van der Waals surface area contributed by atoms with Gasteiger partial charge >= 0.3 is 17.9 Å². The van der Waals surface area contributed by atoms with E-state index in [0.717, 1.165) is 6.07 Å². The number of hydrogen-bond acceptors (Lipinski definition) is 12. The maximum absolute atomic E-state index is 13.0. The number of ether oxygens (including phenoxy) is 5. The van der Waals surface area contributed by atoms with Crippen molar-refractivity contribution in [3.63, 3.8) is 0 Å². The van der Waals surface area contributed by atoms with Gasteiger partial charge in [0, 0.05) is 32.9 Å². The fraction of sp³-hybridized carbons (Fsp3) is 0.308. The smallest absolute Gasteiger partial charge is 0.303 e. The highest BCUT2D eigenvalue weighted by atomic mass is 16.7. The molecule has 4 atom stereocenters. The lowest BCUT2D eigenvalue weighted by molar-refractivity contribution is -0.170. The van der Waals surface area contributed by atoms with Gasteiger partial charge in [0.05, 0.1) is 5.56 Å². The van der Waals surface area contributed by atoms with E-state index in [0.29, 0.717) is 5.56 Å². The van der Waals surface area contributed by atoms with E-state index < -0.39 is 53.7 Å². The maximum atomic E-state index is 13.0. The van der Waals surface area contributed by atoms with Gasteiger partial charge < -0.3 is 38.3 Å². The van der Waals surface area contributed by atoms with Gasteiger partial charge in [0.1, 0.15) is 47.2 Å². The van der Waals surface area contributed by atoms with Crippen molar-refractivity contribution in [1.82, 2.24) is 0 Å². The van der Waals surface area contributed by atoms with Gasteiger partial charge in [-0.05, 0) is 17.7 Å². The molecular formula is C26H24O12. The van der Waals surface area contributed by atoms with Gasteiger partial charge in [-0.1, -0.05) is 12.1 Å². The van der Waals surface area contributed by atoms with Crippen molar-refractivity contribution in [2.75, 3.05) is 6.61 Å². The summed E-state index contributed by atoms with van der Waals surface area (Å²) < 4.78 is 32.7. The average Bonchev–Trinajstić information content (AvgIpc) is 3.12. The summed E-state index contributed by atoms with van der Waals surface area (Å²) in [5, 5.41) is 19.6. The number of aromatic hydroxyl groups is 2. The lowest BCUT2D eigenvalue weighted by atomic mass is 10.0. The van der Waals surface area contributed by atoms with E-state index in [4.69, 9.17) is 28.1 Å². The fourth-order valence-corrected chi connectivity index (χ4v) is 4.04. The lowest BCUT2D eigenvalue weighted by Crippen LogP contribution is -2.42. The Morgan fingerprint density at radius 1 is 0.921 bits per heavy atom. The Morgan fingerprint density at radius 2 is 1.58 bits per heavy atom. The molecule has 4 rings (SSSR count). The van der Waals surface area contributed by atoms with Crippen molar-refractivity contribution in [2.45, 2.75) is 45.4 Å². The van der Waals surface area contributed by atoms with Crippen molar-refractivity contribution in [3.8, 4) is 28.4 Å². The first kappa shape index (κ1) is 26.5. The zero-order valence-electron chi connectivity index (χ0n) is 20.5. The second-order valence-electron chi connectivity index (χ2n) is 8.45. The summed E-state index contributed by atoms with van der Waals surface area (Å²) in [6.07, 6.45) is -3.24.